The van der Waals surface area contributed by atoms with E-state index in [1.807, 2.05) is 20.4 Å². The Morgan fingerprint density at radius 1 is 0.763 bits per heavy atom. The van der Waals surface area contributed by atoms with E-state index in [4.69, 9.17) is 27.8 Å². The number of hydrogen-bond acceptors (Lipinski definition) is 10. The minimum atomic E-state index is -2.62. The molecule has 0 N–H and O–H groups in total. The van der Waals surface area contributed by atoms with Crippen LogP contribution < -0.4 is 0 Å². The Balaban J connectivity index is 2.75. The quantitative estimate of drug-likeness (QED) is 0.0583. The summed E-state index contributed by atoms with van der Waals surface area (Å²) in [5.74, 6) is -1.91. The van der Waals surface area contributed by atoms with E-state index in [-0.39, 0.29) is 56.1 Å². The second kappa shape index (κ2) is 16.4. The van der Waals surface area contributed by atoms with Crippen LogP contribution >= 0.6 is 0 Å². The minimum Gasteiger partial charge on any atom is -0.462 e. The first kappa shape index (κ1) is 33.5. The third kappa shape index (κ3) is 10.7. The molecular weight excluding hydrogens is 514 g/mol. The van der Waals surface area contributed by atoms with E-state index in [0.717, 1.165) is 13.0 Å². The fraction of sp³-hybridized carbons (Fsp3) is 0.692. The fourth-order valence-electron chi connectivity index (χ4n) is 4.44. The average Bonchev–Trinajstić information content (AvgIpc) is 2.83. The Kier molecular flexibility index (Phi) is 14.5. The van der Waals surface area contributed by atoms with Crippen molar-refractivity contribution in [1.29, 1.82) is 0 Å². The molecule has 1 unspecified atom stereocenters. The SMILES string of the molecule is C=C(C)C(=O)OCCOC(=O)CC[N+]1(CCC(=O)OCCOC(=O)C(=C)C)CCC1[Si](C)(OCC)OCC. The number of nitrogens with zero attached hydrogens (tertiary/aromatic N) is 1. The lowest BCUT2D eigenvalue weighted by molar-refractivity contribution is -0.978. The summed E-state index contributed by atoms with van der Waals surface area (Å²) in [6.07, 6.45) is 1.11. The maximum absolute atomic E-state index is 12.5. The van der Waals surface area contributed by atoms with Gasteiger partial charge in [0, 0.05) is 24.4 Å². The predicted octanol–water partition coefficient (Wildman–Crippen LogP) is 2.36. The highest BCUT2D eigenvalue weighted by atomic mass is 28.4. The second-order valence-electron chi connectivity index (χ2n) is 9.35. The maximum atomic E-state index is 12.5. The molecule has 38 heavy (non-hydrogen) atoms. The van der Waals surface area contributed by atoms with Gasteiger partial charge in [-0.05, 0) is 34.2 Å². The van der Waals surface area contributed by atoms with Crippen molar-refractivity contribution in [2.24, 2.45) is 0 Å². The van der Waals surface area contributed by atoms with Crippen molar-refractivity contribution in [3.63, 3.8) is 0 Å². The Bertz CT molecular complexity index is 803. The molecule has 11 nitrogen and oxygen atoms in total. The number of likely N-dealkylation sites (tertiary alicyclic amines) is 1. The van der Waals surface area contributed by atoms with Crippen LogP contribution in [0.15, 0.2) is 24.3 Å². The minimum absolute atomic E-state index is 0.0380. The molecule has 216 valence electrons. The molecule has 0 radical (unpaired) electrons. The van der Waals surface area contributed by atoms with Gasteiger partial charge in [0.1, 0.15) is 32.1 Å². The van der Waals surface area contributed by atoms with Gasteiger partial charge in [-0.2, -0.15) is 0 Å². The molecule has 0 bridgehead atoms. The monoisotopic (exact) mass is 558 g/mol. The molecule has 1 fully saturated rings. The van der Waals surface area contributed by atoms with Crippen LogP contribution in [0.1, 0.15) is 47.0 Å². The van der Waals surface area contributed by atoms with E-state index >= 15 is 0 Å². The van der Waals surface area contributed by atoms with Crippen molar-refractivity contribution in [1.82, 2.24) is 0 Å². The molecule has 12 heteroatoms. The Morgan fingerprint density at radius 2 is 1.16 bits per heavy atom. The molecule has 0 saturated carbocycles. The van der Waals surface area contributed by atoms with Gasteiger partial charge in [-0.3, -0.25) is 9.59 Å². The normalized spacial score (nSPS) is 16.1. The van der Waals surface area contributed by atoms with E-state index < -0.39 is 32.4 Å². The van der Waals surface area contributed by atoms with Crippen molar-refractivity contribution in [2.75, 3.05) is 59.3 Å². The zero-order valence-corrected chi connectivity index (χ0v) is 24.5. The van der Waals surface area contributed by atoms with Crippen molar-refractivity contribution < 1.29 is 51.5 Å². The number of carbonyl (C=O) groups is 4. The molecule has 1 heterocycles. The van der Waals surface area contributed by atoms with Crippen LogP contribution in [0.3, 0.4) is 0 Å². The highest BCUT2D eigenvalue weighted by Gasteiger charge is 2.60. The number of hydrogen-bond donors (Lipinski definition) is 0. The summed E-state index contributed by atoms with van der Waals surface area (Å²) >= 11 is 0. The highest BCUT2D eigenvalue weighted by molar-refractivity contribution is 6.67. The first-order valence-electron chi connectivity index (χ1n) is 13.0. The van der Waals surface area contributed by atoms with Crippen molar-refractivity contribution in [2.45, 2.75) is 59.2 Å². The van der Waals surface area contributed by atoms with Crippen LogP contribution in [-0.2, 0) is 47.0 Å². The number of ether oxygens (including phenoxy) is 4. The molecule has 0 spiro atoms. The van der Waals surface area contributed by atoms with Crippen LogP contribution in [0.2, 0.25) is 6.55 Å². The van der Waals surface area contributed by atoms with Crippen molar-refractivity contribution in [3.05, 3.63) is 24.3 Å². The van der Waals surface area contributed by atoms with Gasteiger partial charge in [0.15, 0.2) is 0 Å². The summed E-state index contributed by atoms with van der Waals surface area (Å²) in [4.78, 5) is 47.8. The van der Waals surface area contributed by atoms with Crippen LogP contribution in [0, 0.1) is 0 Å². The summed E-state index contributed by atoms with van der Waals surface area (Å²) < 4.78 is 33.1. The summed E-state index contributed by atoms with van der Waals surface area (Å²) in [6, 6.07) is 0. The highest BCUT2D eigenvalue weighted by Crippen LogP contribution is 2.37. The number of quaternary nitrogens is 1. The molecule has 1 atom stereocenters. The van der Waals surface area contributed by atoms with Crippen molar-refractivity contribution >= 4 is 32.4 Å². The lowest BCUT2D eigenvalue weighted by atomic mass is 10.1. The van der Waals surface area contributed by atoms with Crippen LogP contribution in [-0.4, -0.2) is 102 Å². The van der Waals surface area contributed by atoms with Crippen LogP contribution in [0.25, 0.3) is 0 Å². The summed E-state index contributed by atoms with van der Waals surface area (Å²) in [7, 11) is -2.62. The molecule has 0 amide bonds. The van der Waals surface area contributed by atoms with E-state index in [9.17, 15) is 19.2 Å². The predicted molar refractivity (Wildman–Crippen MR) is 141 cm³/mol. The first-order chi connectivity index (χ1) is 17.9. The largest absolute Gasteiger partial charge is 0.462 e. The molecular formula is C26H44NO10Si+. The lowest BCUT2D eigenvalue weighted by Gasteiger charge is -2.56. The van der Waals surface area contributed by atoms with E-state index in [2.05, 4.69) is 13.2 Å². The first-order valence-corrected chi connectivity index (χ1v) is 15.4. The van der Waals surface area contributed by atoms with Gasteiger partial charge in [0.2, 0.25) is 0 Å². The molecule has 0 aromatic carbocycles. The summed E-state index contributed by atoms with van der Waals surface area (Å²) in [6.45, 7) is 18.4. The Hall–Kier alpha value is -2.54. The standard InChI is InChI=1S/C26H44NO10Si/c1-8-36-38(7,37-9-2)22-10-13-27(22,14-11-23(28)32-16-18-34-25(30)20(3)4)15-12-24(29)33-17-19-35-26(31)21(5)6/h22H,3,5,8-19H2,1-2,4,6-7H3/q+1. The number of esters is 4. The Morgan fingerprint density at radius 3 is 1.47 bits per heavy atom. The molecule has 0 aromatic heterocycles. The number of carbonyl (C=O) groups excluding carboxylic acids is 4. The van der Waals surface area contributed by atoms with Gasteiger partial charge in [-0.25, -0.2) is 9.59 Å². The topological polar surface area (TPSA) is 124 Å². The molecule has 1 aliphatic rings. The third-order valence-electron chi connectivity index (χ3n) is 6.35. The van der Waals surface area contributed by atoms with Gasteiger partial charge in [-0.1, -0.05) is 13.2 Å². The number of rotatable bonds is 19. The molecule has 1 aliphatic heterocycles. The van der Waals surface area contributed by atoms with Gasteiger partial charge >= 0.3 is 32.4 Å². The Labute approximate surface area is 226 Å². The molecule has 0 aromatic rings. The average molecular weight is 559 g/mol. The fourth-order valence-corrected chi connectivity index (χ4v) is 8.09. The van der Waals surface area contributed by atoms with Crippen molar-refractivity contribution in [3.8, 4) is 0 Å². The van der Waals surface area contributed by atoms with E-state index in [0.29, 0.717) is 30.8 Å². The molecule has 1 rings (SSSR count). The van der Waals surface area contributed by atoms with Gasteiger partial charge in [0.05, 0.1) is 38.9 Å². The molecule has 1 saturated heterocycles. The molecule has 0 aliphatic carbocycles. The lowest BCUT2D eigenvalue weighted by Crippen LogP contribution is -2.76. The third-order valence-corrected chi connectivity index (χ3v) is 10.1. The smallest absolute Gasteiger partial charge is 0.397 e. The van der Waals surface area contributed by atoms with Gasteiger partial charge in [-0.15, -0.1) is 0 Å². The zero-order chi connectivity index (χ0) is 28.8. The van der Waals surface area contributed by atoms with Crippen LogP contribution in [0.4, 0.5) is 0 Å². The zero-order valence-electron chi connectivity index (χ0n) is 23.5. The van der Waals surface area contributed by atoms with Gasteiger partial charge < -0.3 is 32.3 Å². The van der Waals surface area contributed by atoms with E-state index in [1.54, 1.807) is 0 Å². The van der Waals surface area contributed by atoms with E-state index in [1.165, 1.54) is 13.8 Å². The van der Waals surface area contributed by atoms with Gasteiger partial charge in [0.25, 0.3) is 0 Å². The second-order valence-corrected chi connectivity index (χ2v) is 12.6. The summed E-state index contributed by atoms with van der Waals surface area (Å²) in [5, 5.41) is 0. The van der Waals surface area contributed by atoms with Crippen LogP contribution in [0.5, 0.6) is 0 Å². The maximum Gasteiger partial charge on any atom is 0.397 e. The summed E-state index contributed by atoms with van der Waals surface area (Å²) in [5.41, 5.74) is 0.582.